The highest BCUT2D eigenvalue weighted by atomic mass is 16.5. The summed E-state index contributed by atoms with van der Waals surface area (Å²) in [6, 6.07) is 0. The third-order valence-corrected chi connectivity index (χ3v) is 3.26. The maximum atomic E-state index is 12.2. The minimum Gasteiger partial charge on any atom is -0.465 e. The molecule has 0 atom stereocenters. The first-order valence-corrected chi connectivity index (χ1v) is 6.57. The van der Waals surface area contributed by atoms with Gasteiger partial charge in [0.2, 0.25) is 5.91 Å². The van der Waals surface area contributed by atoms with Crippen LogP contribution in [0.4, 0.5) is 0 Å². The molecule has 0 aliphatic carbocycles. The Labute approximate surface area is 113 Å². The molecule has 6 nitrogen and oxygen atoms in total. The minimum atomic E-state index is -1.14. The van der Waals surface area contributed by atoms with E-state index >= 15 is 0 Å². The largest absolute Gasteiger partial charge is 0.465 e. The molecule has 1 aliphatic heterocycles. The summed E-state index contributed by atoms with van der Waals surface area (Å²) in [4.78, 5) is 37.0. The predicted molar refractivity (Wildman–Crippen MR) is 69.5 cm³/mol. The number of Topliss-reactive ketones (excluding diaryl/α,β-unsaturated/α-hetero) is 1. The number of amides is 1. The van der Waals surface area contributed by atoms with Crippen molar-refractivity contribution in [1.82, 2.24) is 10.2 Å². The molecule has 1 aliphatic rings. The fourth-order valence-electron chi connectivity index (χ4n) is 1.80. The topological polar surface area (TPSA) is 75.7 Å². The van der Waals surface area contributed by atoms with E-state index in [9.17, 15) is 14.4 Å². The Kier molecular flexibility index (Phi) is 5.47. The van der Waals surface area contributed by atoms with E-state index in [0.717, 1.165) is 0 Å². The molecule has 0 unspecified atom stereocenters. The number of hydrogen-bond donors (Lipinski definition) is 1. The van der Waals surface area contributed by atoms with E-state index in [4.69, 9.17) is 4.74 Å². The fourth-order valence-corrected chi connectivity index (χ4v) is 1.80. The van der Waals surface area contributed by atoms with E-state index in [1.54, 1.807) is 20.8 Å². The van der Waals surface area contributed by atoms with Crippen molar-refractivity contribution < 1.29 is 19.1 Å². The second-order valence-corrected chi connectivity index (χ2v) is 5.14. The molecule has 0 bridgehead atoms. The van der Waals surface area contributed by atoms with E-state index in [0.29, 0.717) is 26.1 Å². The maximum Gasteiger partial charge on any atom is 0.319 e. The molecule has 0 saturated carbocycles. The van der Waals surface area contributed by atoms with Crippen LogP contribution in [0.5, 0.6) is 0 Å². The first kappa shape index (κ1) is 15.6. The average Bonchev–Trinajstić information content (AvgIpc) is 2.54. The van der Waals surface area contributed by atoms with Crippen LogP contribution in [0.3, 0.4) is 0 Å². The van der Waals surface area contributed by atoms with Crippen molar-refractivity contribution in [3.8, 4) is 0 Å². The summed E-state index contributed by atoms with van der Waals surface area (Å²) in [6.45, 7) is 6.99. The number of rotatable bonds is 5. The number of nitrogens with one attached hydrogen (secondary N) is 1. The Balaban J connectivity index is 2.57. The lowest BCUT2D eigenvalue weighted by Crippen LogP contribution is -2.43. The van der Waals surface area contributed by atoms with Crippen LogP contribution < -0.4 is 5.32 Å². The van der Waals surface area contributed by atoms with Crippen molar-refractivity contribution in [2.24, 2.45) is 5.41 Å². The fraction of sp³-hybridized carbons (Fsp3) is 0.769. The summed E-state index contributed by atoms with van der Waals surface area (Å²) in [6.07, 6.45) is 0.382. The lowest BCUT2D eigenvalue weighted by atomic mass is 9.88. The third kappa shape index (κ3) is 4.31. The van der Waals surface area contributed by atoms with E-state index in [1.807, 2.05) is 4.90 Å². The minimum absolute atomic E-state index is 0.000369. The molecule has 108 valence electrons. The number of ether oxygens (including phenoxy) is 1. The van der Waals surface area contributed by atoms with Crippen molar-refractivity contribution in [3.63, 3.8) is 0 Å². The molecule has 1 amide bonds. The standard InChI is InChI=1S/C13H22N2O4/c1-4-19-12(18)13(2,3)10(16)9-15-7-5-11(17)14-6-8-15/h4-9H2,1-3H3,(H,14,17). The molecule has 19 heavy (non-hydrogen) atoms. The molecule has 0 aromatic carbocycles. The molecule has 0 spiro atoms. The summed E-state index contributed by atoms with van der Waals surface area (Å²) in [5, 5.41) is 2.75. The van der Waals surface area contributed by atoms with Crippen LogP contribution in [0.25, 0.3) is 0 Å². The summed E-state index contributed by atoms with van der Waals surface area (Å²) in [7, 11) is 0. The van der Waals surface area contributed by atoms with Gasteiger partial charge in [-0.3, -0.25) is 19.3 Å². The Morgan fingerprint density at radius 2 is 2.05 bits per heavy atom. The second-order valence-electron chi connectivity index (χ2n) is 5.14. The summed E-state index contributed by atoms with van der Waals surface area (Å²) >= 11 is 0. The molecule has 1 saturated heterocycles. The molecule has 1 fully saturated rings. The Hall–Kier alpha value is -1.43. The first-order chi connectivity index (χ1) is 8.87. The summed E-state index contributed by atoms with van der Waals surface area (Å²) in [5.74, 6) is -0.677. The molecule has 6 heteroatoms. The predicted octanol–water partition coefficient (Wildman–Crippen LogP) is -0.0333. The third-order valence-electron chi connectivity index (χ3n) is 3.26. The number of hydrogen-bond acceptors (Lipinski definition) is 5. The van der Waals surface area contributed by atoms with Gasteiger partial charge in [0.25, 0.3) is 0 Å². The number of carbonyl (C=O) groups excluding carboxylic acids is 3. The van der Waals surface area contributed by atoms with Gasteiger partial charge in [-0.2, -0.15) is 0 Å². The van der Waals surface area contributed by atoms with Gasteiger partial charge in [-0.05, 0) is 20.8 Å². The van der Waals surface area contributed by atoms with Crippen molar-refractivity contribution >= 4 is 17.7 Å². The Morgan fingerprint density at radius 1 is 1.37 bits per heavy atom. The van der Waals surface area contributed by atoms with Crippen LogP contribution in [0.1, 0.15) is 27.2 Å². The SMILES string of the molecule is CCOC(=O)C(C)(C)C(=O)CN1CCNC(=O)CC1. The lowest BCUT2D eigenvalue weighted by Gasteiger charge is -2.25. The van der Waals surface area contributed by atoms with Crippen molar-refractivity contribution in [3.05, 3.63) is 0 Å². The monoisotopic (exact) mass is 270 g/mol. The highest BCUT2D eigenvalue weighted by Crippen LogP contribution is 2.19. The number of esters is 1. The van der Waals surface area contributed by atoms with E-state index in [1.165, 1.54) is 0 Å². The zero-order valence-corrected chi connectivity index (χ0v) is 11.8. The smallest absolute Gasteiger partial charge is 0.319 e. The van der Waals surface area contributed by atoms with Crippen LogP contribution in [0.15, 0.2) is 0 Å². The lowest BCUT2D eigenvalue weighted by molar-refractivity contribution is -0.158. The zero-order valence-electron chi connectivity index (χ0n) is 11.8. The molecular formula is C13H22N2O4. The van der Waals surface area contributed by atoms with Crippen LogP contribution in [0, 0.1) is 5.41 Å². The first-order valence-electron chi connectivity index (χ1n) is 6.57. The Bertz CT molecular complexity index is 366. The van der Waals surface area contributed by atoms with Crippen LogP contribution >= 0.6 is 0 Å². The second kappa shape index (κ2) is 6.65. The van der Waals surface area contributed by atoms with Gasteiger partial charge in [-0.1, -0.05) is 0 Å². The number of carbonyl (C=O) groups is 3. The molecule has 0 aromatic heterocycles. The average molecular weight is 270 g/mol. The molecule has 0 radical (unpaired) electrons. The van der Waals surface area contributed by atoms with Gasteiger partial charge < -0.3 is 10.1 Å². The molecule has 1 heterocycles. The van der Waals surface area contributed by atoms with Gasteiger partial charge in [0.15, 0.2) is 5.78 Å². The Morgan fingerprint density at radius 3 is 2.68 bits per heavy atom. The van der Waals surface area contributed by atoms with E-state index in [2.05, 4.69) is 5.32 Å². The van der Waals surface area contributed by atoms with Crippen molar-refractivity contribution in [2.75, 3.05) is 32.8 Å². The number of ketones is 1. The summed E-state index contributed by atoms with van der Waals surface area (Å²) in [5.41, 5.74) is -1.14. The van der Waals surface area contributed by atoms with Gasteiger partial charge in [0.1, 0.15) is 5.41 Å². The van der Waals surface area contributed by atoms with Crippen LogP contribution in [0.2, 0.25) is 0 Å². The summed E-state index contributed by atoms with van der Waals surface area (Å²) < 4.78 is 4.91. The van der Waals surface area contributed by atoms with E-state index < -0.39 is 11.4 Å². The highest BCUT2D eigenvalue weighted by Gasteiger charge is 2.37. The maximum absolute atomic E-state index is 12.2. The van der Waals surface area contributed by atoms with E-state index in [-0.39, 0.29) is 24.8 Å². The molecule has 1 rings (SSSR count). The van der Waals surface area contributed by atoms with Gasteiger partial charge in [0, 0.05) is 26.1 Å². The molecular weight excluding hydrogens is 248 g/mol. The highest BCUT2D eigenvalue weighted by molar-refractivity contribution is 6.03. The normalized spacial score (nSPS) is 17.5. The number of nitrogens with zero attached hydrogens (tertiary/aromatic N) is 1. The van der Waals surface area contributed by atoms with Crippen LogP contribution in [-0.4, -0.2) is 55.3 Å². The molecule has 0 aromatic rings. The van der Waals surface area contributed by atoms with Gasteiger partial charge in [-0.25, -0.2) is 0 Å². The van der Waals surface area contributed by atoms with Gasteiger partial charge in [-0.15, -0.1) is 0 Å². The molecule has 1 N–H and O–H groups in total. The van der Waals surface area contributed by atoms with Gasteiger partial charge in [0.05, 0.1) is 13.2 Å². The zero-order chi connectivity index (χ0) is 14.5. The van der Waals surface area contributed by atoms with Gasteiger partial charge >= 0.3 is 5.97 Å². The van der Waals surface area contributed by atoms with Crippen molar-refractivity contribution in [2.45, 2.75) is 27.2 Å². The van der Waals surface area contributed by atoms with Crippen molar-refractivity contribution in [1.29, 1.82) is 0 Å². The quantitative estimate of drug-likeness (QED) is 0.561. The van der Waals surface area contributed by atoms with Crippen LogP contribution in [-0.2, 0) is 19.1 Å².